The van der Waals surface area contributed by atoms with E-state index in [9.17, 15) is 18.8 Å². The maximum atomic E-state index is 14.8. The lowest BCUT2D eigenvalue weighted by atomic mass is 10.2. The van der Waals surface area contributed by atoms with Crippen molar-refractivity contribution in [2.75, 3.05) is 11.9 Å². The minimum absolute atomic E-state index is 0.00400. The molecule has 3 atom stereocenters. The number of aromatic amines is 1. The van der Waals surface area contributed by atoms with E-state index < -0.39 is 38.2 Å². The first-order valence-corrected chi connectivity index (χ1v) is 13.4. The van der Waals surface area contributed by atoms with Crippen LogP contribution >= 0.6 is 0 Å². The number of H-pyrrole nitrogens is 1. The maximum Gasteiger partial charge on any atom is 0.280 e. The Bertz CT molecular complexity index is 1090. The van der Waals surface area contributed by atoms with Crippen LogP contribution in [-0.4, -0.2) is 58.4 Å². The number of nitrogens with one attached hydrogen (secondary N) is 2. The molecule has 1 saturated heterocycles. The summed E-state index contributed by atoms with van der Waals surface area (Å²) in [5, 5.41) is 2.42. The average Bonchev–Trinajstić information content (AvgIpc) is 3.21. The molecule has 0 radical (unpaired) electrons. The molecule has 2 aromatic heterocycles. The van der Waals surface area contributed by atoms with E-state index in [-0.39, 0.29) is 40.6 Å². The predicted octanol–water partition coefficient (Wildman–Crippen LogP) is 2.54. The van der Waals surface area contributed by atoms with Gasteiger partial charge in [0.2, 0.25) is 17.6 Å². The minimum atomic E-state index is -2.17. The SMILES string of the molecule is CC(C)C(=O)Nc1nc2c(ncn2[C@@H]2O[C@H](CO[Si](C)(C)C(C)(C)C)[C@H](F)C2=O)c(=O)[nH]1. The van der Waals surface area contributed by atoms with E-state index in [4.69, 9.17) is 9.16 Å². The van der Waals surface area contributed by atoms with Crippen LogP contribution in [0.25, 0.3) is 11.2 Å². The van der Waals surface area contributed by atoms with Crippen molar-refractivity contribution in [3.05, 3.63) is 16.7 Å². The average molecular weight is 468 g/mol. The standard InChI is InChI=1S/C20H30FN5O5Si/c1-10(2)16(28)24-19-23-15-13(17(29)25-19)22-9-26(15)18-14(27)12(21)11(31-18)8-30-32(6,7)20(3,4)5/h9-12,18H,8H2,1-7H3,(H2,23,24,25,28,29)/t11-,12+,18-/m1/s1. The first-order valence-electron chi connectivity index (χ1n) is 10.5. The van der Waals surface area contributed by atoms with E-state index in [0.717, 1.165) is 0 Å². The van der Waals surface area contributed by atoms with Crippen LogP contribution < -0.4 is 10.9 Å². The number of imidazole rings is 1. The number of aromatic nitrogens is 4. The van der Waals surface area contributed by atoms with Crippen molar-refractivity contribution in [3.63, 3.8) is 0 Å². The van der Waals surface area contributed by atoms with Gasteiger partial charge >= 0.3 is 0 Å². The van der Waals surface area contributed by atoms with Gasteiger partial charge in [-0.25, -0.2) is 9.37 Å². The van der Waals surface area contributed by atoms with Crippen LogP contribution in [-0.2, 0) is 18.8 Å². The van der Waals surface area contributed by atoms with Crippen LogP contribution in [0.15, 0.2) is 11.1 Å². The summed E-state index contributed by atoms with van der Waals surface area (Å²) < 4.78 is 27.7. The van der Waals surface area contributed by atoms with Gasteiger partial charge in [-0.15, -0.1) is 0 Å². The van der Waals surface area contributed by atoms with Gasteiger partial charge in [-0.3, -0.25) is 29.3 Å². The second-order valence-electron chi connectivity index (χ2n) is 9.78. The molecule has 0 bridgehead atoms. The Hall–Kier alpha value is -2.44. The summed E-state index contributed by atoms with van der Waals surface area (Å²) in [7, 11) is -2.17. The molecule has 10 nitrogen and oxygen atoms in total. The molecule has 176 valence electrons. The van der Waals surface area contributed by atoms with Crippen molar-refractivity contribution in [2.24, 2.45) is 5.92 Å². The number of carbonyl (C=O) groups excluding carboxylic acids is 2. The topological polar surface area (TPSA) is 128 Å². The van der Waals surface area contributed by atoms with Crippen molar-refractivity contribution in [1.29, 1.82) is 0 Å². The van der Waals surface area contributed by atoms with Crippen molar-refractivity contribution < 1.29 is 23.1 Å². The van der Waals surface area contributed by atoms with Gasteiger partial charge in [0.1, 0.15) is 6.10 Å². The van der Waals surface area contributed by atoms with Gasteiger partial charge in [0.15, 0.2) is 31.9 Å². The summed E-state index contributed by atoms with van der Waals surface area (Å²) in [4.78, 5) is 47.6. The molecular weight excluding hydrogens is 437 g/mol. The number of alkyl halides is 1. The van der Waals surface area contributed by atoms with Crippen LogP contribution in [0.3, 0.4) is 0 Å². The fourth-order valence-corrected chi connectivity index (χ4v) is 3.89. The number of halogens is 1. The monoisotopic (exact) mass is 467 g/mol. The third-order valence-corrected chi connectivity index (χ3v) is 10.5. The molecule has 1 fully saturated rings. The Morgan fingerprint density at radius 3 is 2.62 bits per heavy atom. The van der Waals surface area contributed by atoms with E-state index in [1.165, 1.54) is 10.9 Å². The number of nitrogens with zero attached hydrogens (tertiary/aromatic N) is 3. The van der Waals surface area contributed by atoms with Gasteiger partial charge in [0, 0.05) is 5.92 Å². The Kier molecular flexibility index (Phi) is 6.42. The first-order chi connectivity index (χ1) is 14.7. The third kappa shape index (κ3) is 4.52. The highest BCUT2D eigenvalue weighted by Crippen LogP contribution is 2.38. The Labute approximate surface area is 186 Å². The molecule has 0 aliphatic carbocycles. The van der Waals surface area contributed by atoms with E-state index in [1.54, 1.807) is 13.8 Å². The largest absolute Gasteiger partial charge is 0.414 e. The molecule has 0 unspecified atom stereocenters. The fraction of sp³-hybridized carbons (Fsp3) is 0.650. The Balaban J connectivity index is 1.87. The minimum Gasteiger partial charge on any atom is -0.414 e. The second-order valence-corrected chi connectivity index (χ2v) is 14.6. The zero-order valence-corrected chi connectivity index (χ0v) is 20.4. The zero-order chi connectivity index (χ0) is 24.0. The zero-order valence-electron chi connectivity index (χ0n) is 19.4. The molecule has 0 aromatic carbocycles. The Morgan fingerprint density at radius 1 is 1.38 bits per heavy atom. The number of Topliss-reactive ketones (excluding diaryl/α,β-unsaturated/α-hetero) is 1. The lowest BCUT2D eigenvalue weighted by molar-refractivity contribution is -0.128. The molecule has 0 saturated carbocycles. The lowest BCUT2D eigenvalue weighted by Gasteiger charge is -2.36. The number of carbonyl (C=O) groups is 2. The van der Waals surface area contributed by atoms with Gasteiger partial charge in [-0.05, 0) is 18.1 Å². The highest BCUT2D eigenvalue weighted by molar-refractivity contribution is 6.74. The van der Waals surface area contributed by atoms with Crippen molar-refractivity contribution >= 4 is 37.1 Å². The number of hydrogen-bond acceptors (Lipinski definition) is 7. The van der Waals surface area contributed by atoms with Crippen LogP contribution in [0.1, 0.15) is 40.8 Å². The summed E-state index contributed by atoms with van der Waals surface area (Å²) in [5.74, 6) is -1.58. The smallest absolute Gasteiger partial charge is 0.280 e. The summed E-state index contributed by atoms with van der Waals surface area (Å²) in [6.07, 6.45) is -3.11. The number of rotatable bonds is 6. The number of anilines is 1. The normalized spacial score (nSPS) is 22.2. The predicted molar refractivity (Wildman–Crippen MR) is 119 cm³/mol. The summed E-state index contributed by atoms with van der Waals surface area (Å²) in [6.45, 7) is 13.6. The van der Waals surface area contributed by atoms with Crippen LogP contribution in [0.5, 0.6) is 0 Å². The number of amides is 1. The molecule has 1 amide bonds. The number of ketones is 1. The molecule has 32 heavy (non-hydrogen) atoms. The van der Waals surface area contributed by atoms with Gasteiger partial charge < -0.3 is 9.16 Å². The molecule has 1 aliphatic rings. The third-order valence-electron chi connectivity index (χ3n) is 6.01. The molecule has 0 spiro atoms. The van der Waals surface area contributed by atoms with Crippen LogP contribution in [0.4, 0.5) is 10.3 Å². The molecule has 12 heteroatoms. The highest BCUT2D eigenvalue weighted by atomic mass is 28.4. The number of hydrogen-bond donors (Lipinski definition) is 2. The highest BCUT2D eigenvalue weighted by Gasteiger charge is 2.47. The first kappa shape index (κ1) is 24.2. The van der Waals surface area contributed by atoms with E-state index in [1.807, 2.05) is 13.1 Å². The molecule has 3 rings (SSSR count). The van der Waals surface area contributed by atoms with Gasteiger partial charge in [-0.1, -0.05) is 34.6 Å². The quantitative estimate of drug-likeness (QED) is 0.625. The fourth-order valence-electron chi connectivity index (χ4n) is 2.87. The number of fused-ring (bicyclic) bond motifs is 1. The van der Waals surface area contributed by atoms with Gasteiger partial charge in [0.05, 0.1) is 12.9 Å². The summed E-state index contributed by atoms with van der Waals surface area (Å²) >= 11 is 0. The molecule has 2 aromatic rings. The van der Waals surface area contributed by atoms with E-state index >= 15 is 0 Å². The molecule has 3 heterocycles. The summed E-state index contributed by atoms with van der Waals surface area (Å²) in [5.41, 5.74) is -0.655. The van der Waals surface area contributed by atoms with E-state index in [2.05, 4.69) is 41.0 Å². The molecule has 1 aliphatic heterocycles. The number of ether oxygens (including phenoxy) is 1. The van der Waals surface area contributed by atoms with Gasteiger partial charge in [0.25, 0.3) is 5.56 Å². The maximum absolute atomic E-state index is 14.8. The molecule has 2 N–H and O–H groups in total. The van der Waals surface area contributed by atoms with Crippen molar-refractivity contribution in [2.45, 2.75) is 71.3 Å². The Morgan fingerprint density at radius 2 is 2.03 bits per heavy atom. The lowest BCUT2D eigenvalue weighted by Crippen LogP contribution is -2.43. The summed E-state index contributed by atoms with van der Waals surface area (Å²) in [6, 6.07) is 0. The van der Waals surface area contributed by atoms with E-state index in [0.29, 0.717) is 0 Å². The second kappa shape index (κ2) is 8.48. The molecular formula is C20H30FN5O5Si. The van der Waals surface area contributed by atoms with Crippen LogP contribution in [0, 0.1) is 5.92 Å². The van der Waals surface area contributed by atoms with Crippen molar-refractivity contribution in [1.82, 2.24) is 19.5 Å². The van der Waals surface area contributed by atoms with Gasteiger partial charge in [-0.2, -0.15) is 4.98 Å². The van der Waals surface area contributed by atoms with Crippen LogP contribution in [0.2, 0.25) is 18.1 Å². The van der Waals surface area contributed by atoms with Crippen molar-refractivity contribution in [3.8, 4) is 0 Å².